The molecule has 5 nitrogen and oxygen atoms in total. The van der Waals surface area contributed by atoms with Crippen LogP contribution in [0.1, 0.15) is 10.5 Å². The van der Waals surface area contributed by atoms with Crippen molar-refractivity contribution in [1.29, 1.82) is 0 Å². The molecule has 0 saturated carbocycles. The third kappa shape index (κ3) is 0.914. The van der Waals surface area contributed by atoms with Gasteiger partial charge >= 0.3 is 0 Å². The molecular weight excluding hydrogens is 156 g/mol. The monoisotopic (exact) mass is 162 g/mol. The first-order chi connectivity index (χ1) is 5.77. The quantitative estimate of drug-likeness (QED) is 0.632. The van der Waals surface area contributed by atoms with Gasteiger partial charge in [-0.25, -0.2) is 4.98 Å². The van der Waals surface area contributed by atoms with E-state index in [1.807, 2.05) is 0 Å². The molecule has 0 spiro atoms. The number of carbonyl (C=O) groups is 1. The molecule has 0 aliphatic carbocycles. The van der Waals surface area contributed by atoms with Crippen LogP contribution in [0.4, 0.5) is 0 Å². The van der Waals surface area contributed by atoms with Crippen LogP contribution in [0.3, 0.4) is 0 Å². The van der Waals surface area contributed by atoms with Crippen molar-refractivity contribution in [1.82, 2.24) is 14.4 Å². The molecule has 60 valence electrons. The van der Waals surface area contributed by atoms with Crippen LogP contribution in [0, 0.1) is 0 Å². The highest BCUT2D eigenvalue weighted by Crippen LogP contribution is 2.01. The molecule has 0 aliphatic rings. The number of imidazole rings is 1. The van der Waals surface area contributed by atoms with Crippen molar-refractivity contribution in [2.45, 2.75) is 0 Å². The molecule has 0 atom stereocenters. The van der Waals surface area contributed by atoms with Crippen LogP contribution < -0.4 is 5.73 Å². The number of fused-ring (bicyclic) bond motifs is 1. The van der Waals surface area contributed by atoms with E-state index in [2.05, 4.69) is 9.97 Å². The van der Waals surface area contributed by atoms with Crippen LogP contribution in [0.2, 0.25) is 0 Å². The van der Waals surface area contributed by atoms with Gasteiger partial charge in [0.05, 0.1) is 6.20 Å². The van der Waals surface area contributed by atoms with E-state index in [-0.39, 0.29) is 5.69 Å². The number of rotatable bonds is 1. The van der Waals surface area contributed by atoms with Gasteiger partial charge in [0.1, 0.15) is 5.69 Å². The maximum Gasteiger partial charge on any atom is 0.268 e. The molecule has 2 rings (SSSR count). The van der Waals surface area contributed by atoms with E-state index >= 15 is 0 Å². The van der Waals surface area contributed by atoms with Gasteiger partial charge in [0, 0.05) is 18.6 Å². The van der Waals surface area contributed by atoms with Crippen molar-refractivity contribution >= 4 is 11.6 Å². The molecule has 2 aromatic heterocycles. The summed E-state index contributed by atoms with van der Waals surface area (Å²) >= 11 is 0. The number of aromatic nitrogens is 3. The fraction of sp³-hybridized carbons (Fsp3) is 0. The summed E-state index contributed by atoms with van der Waals surface area (Å²) in [5.41, 5.74) is 5.91. The molecule has 12 heavy (non-hydrogen) atoms. The second-order valence-electron chi connectivity index (χ2n) is 2.33. The number of amides is 1. The summed E-state index contributed by atoms with van der Waals surface area (Å²) < 4.78 is 1.69. The zero-order valence-electron chi connectivity index (χ0n) is 6.14. The van der Waals surface area contributed by atoms with Crippen LogP contribution in [-0.4, -0.2) is 20.3 Å². The van der Waals surface area contributed by atoms with E-state index in [0.717, 1.165) is 0 Å². The molecule has 5 heteroatoms. The molecule has 0 saturated heterocycles. The van der Waals surface area contributed by atoms with Crippen LogP contribution in [0.25, 0.3) is 5.65 Å². The van der Waals surface area contributed by atoms with Crippen LogP contribution in [-0.2, 0) is 0 Å². The van der Waals surface area contributed by atoms with Gasteiger partial charge in [-0.3, -0.25) is 9.78 Å². The van der Waals surface area contributed by atoms with E-state index in [9.17, 15) is 4.79 Å². The molecule has 0 aromatic carbocycles. The number of primary amides is 1. The van der Waals surface area contributed by atoms with Gasteiger partial charge in [-0.15, -0.1) is 0 Å². The third-order valence-corrected chi connectivity index (χ3v) is 1.52. The zero-order valence-corrected chi connectivity index (χ0v) is 6.14. The normalized spacial score (nSPS) is 10.3. The number of nitrogens with two attached hydrogens (primary N) is 1. The second-order valence-corrected chi connectivity index (χ2v) is 2.33. The first-order valence-electron chi connectivity index (χ1n) is 3.36. The Bertz CT molecular complexity index is 401. The van der Waals surface area contributed by atoms with Crippen molar-refractivity contribution in [3.05, 3.63) is 30.5 Å². The van der Waals surface area contributed by atoms with Gasteiger partial charge in [0.15, 0.2) is 5.65 Å². The summed E-state index contributed by atoms with van der Waals surface area (Å²) in [4.78, 5) is 18.5. The largest absolute Gasteiger partial charge is 0.364 e. The van der Waals surface area contributed by atoms with E-state index in [1.54, 1.807) is 29.2 Å². The fourth-order valence-corrected chi connectivity index (χ4v) is 0.962. The highest BCUT2D eigenvalue weighted by atomic mass is 16.1. The molecule has 0 bridgehead atoms. The molecule has 0 radical (unpaired) electrons. The summed E-state index contributed by atoms with van der Waals surface area (Å²) in [6.07, 6.45) is 6.44. The lowest BCUT2D eigenvalue weighted by atomic mass is 10.5. The Hall–Kier alpha value is -1.91. The Morgan fingerprint density at radius 3 is 3.08 bits per heavy atom. The van der Waals surface area contributed by atoms with Gasteiger partial charge in [0.25, 0.3) is 5.91 Å². The van der Waals surface area contributed by atoms with Gasteiger partial charge in [-0.05, 0) is 0 Å². The summed E-state index contributed by atoms with van der Waals surface area (Å²) in [6.45, 7) is 0. The van der Waals surface area contributed by atoms with E-state index < -0.39 is 5.91 Å². The van der Waals surface area contributed by atoms with Gasteiger partial charge in [-0.2, -0.15) is 0 Å². The highest BCUT2D eigenvalue weighted by molar-refractivity contribution is 5.91. The first-order valence-corrected chi connectivity index (χ1v) is 3.36. The molecule has 2 aromatic rings. The molecule has 0 unspecified atom stereocenters. The van der Waals surface area contributed by atoms with Crippen LogP contribution >= 0.6 is 0 Å². The predicted octanol–water partition coefficient (Wildman–Crippen LogP) is -0.172. The lowest BCUT2D eigenvalue weighted by Gasteiger charge is -1.85. The maximum absolute atomic E-state index is 10.7. The average Bonchev–Trinajstić information content (AvgIpc) is 2.46. The summed E-state index contributed by atoms with van der Waals surface area (Å²) in [5.74, 6) is -0.529. The molecular formula is C7H6N4O. The van der Waals surface area contributed by atoms with Crippen LogP contribution in [0.15, 0.2) is 24.8 Å². The summed E-state index contributed by atoms with van der Waals surface area (Å²) in [7, 11) is 0. The van der Waals surface area contributed by atoms with Crippen molar-refractivity contribution < 1.29 is 4.79 Å². The molecule has 1 amide bonds. The predicted molar refractivity (Wildman–Crippen MR) is 41.5 cm³/mol. The van der Waals surface area contributed by atoms with Crippen molar-refractivity contribution in [3.8, 4) is 0 Å². The number of nitrogens with zero attached hydrogens (tertiary/aromatic N) is 3. The molecule has 2 heterocycles. The van der Waals surface area contributed by atoms with Crippen LogP contribution in [0.5, 0.6) is 0 Å². The first kappa shape index (κ1) is 6.78. The van der Waals surface area contributed by atoms with Crippen molar-refractivity contribution in [2.75, 3.05) is 0 Å². The lowest BCUT2D eigenvalue weighted by molar-refractivity contribution is 0.0996. The van der Waals surface area contributed by atoms with Gasteiger partial charge < -0.3 is 10.1 Å². The summed E-state index contributed by atoms with van der Waals surface area (Å²) in [6, 6.07) is 0. The number of hydrogen-bond donors (Lipinski definition) is 1. The fourth-order valence-electron chi connectivity index (χ4n) is 0.962. The minimum atomic E-state index is -0.529. The van der Waals surface area contributed by atoms with Gasteiger partial charge in [0.2, 0.25) is 0 Å². The Balaban J connectivity index is 2.70. The summed E-state index contributed by atoms with van der Waals surface area (Å²) in [5, 5.41) is 0. The zero-order chi connectivity index (χ0) is 8.55. The Morgan fingerprint density at radius 2 is 2.42 bits per heavy atom. The Kier molecular flexibility index (Phi) is 1.30. The average molecular weight is 162 g/mol. The third-order valence-electron chi connectivity index (χ3n) is 1.52. The minimum Gasteiger partial charge on any atom is -0.364 e. The SMILES string of the molecule is NC(=O)c1cn2ccncc2n1. The standard InChI is InChI=1S/C7H6N4O/c8-7(12)5-4-11-2-1-9-3-6(11)10-5/h1-4H,(H2,8,12). The highest BCUT2D eigenvalue weighted by Gasteiger charge is 2.04. The topological polar surface area (TPSA) is 73.3 Å². The van der Waals surface area contributed by atoms with Crippen molar-refractivity contribution in [2.24, 2.45) is 5.73 Å². The number of hydrogen-bond acceptors (Lipinski definition) is 3. The molecule has 2 N–H and O–H groups in total. The Morgan fingerprint density at radius 1 is 1.58 bits per heavy atom. The van der Waals surface area contributed by atoms with E-state index in [4.69, 9.17) is 5.73 Å². The molecule has 0 aliphatic heterocycles. The Labute approximate surface area is 67.9 Å². The lowest BCUT2D eigenvalue weighted by Crippen LogP contribution is -2.10. The second kappa shape index (κ2) is 2.30. The molecule has 0 fully saturated rings. The van der Waals surface area contributed by atoms with E-state index in [1.165, 1.54) is 0 Å². The maximum atomic E-state index is 10.7. The van der Waals surface area contributed by atoms with Gasteiger partial charge in [-0.1, -0.05) is 0 Å². The number of carbonyl (C=O) groups excluding carboxylic acids is 1. The van der Waals surface area contributed by atoms with Crippen molar-refractivity contribution in [3.63, 3.8) is 0 Å². The minimum absolute atomic E-state index is 0.253. The smallest absolute Gasteiger partial charge is 0.268 e. The van der Waals surface area contributed by atoms with E-state index in [0.29, 0.717) is 5.65 Å².